The molecule has 0 saturated heterocycles. The van der Waals surface area contributed by atoms with E-state index < -0.39 is 0 Å². The summed E-state index contributed by atoms with van der Waals surface area (Å²) in [4.78, 5) is 5.06. The van der Waals surface area contributed by atoms with Gasteiger partial charge >= 0.3 is 0 Å². The van der Waals surface area contributed by atoms with Gasteiger partial charge in [-0.1, -0.05) is 45.8 Å². The number of hydrogen-bond donors (Lipinski definition) is 0. The van der Waals surface area contributed by atoms with Crippen molar-refractivity contribution >= 4 is 37.5 Å². The molecule has 108 valence electrons. The third-order valence-corrected chi connectivity index (χ3v) is 5.58. The number of aromatic nitrogens is 1. The van der Waals surface area contributed by atoms with Crippen LogP contribution < -0.4 is 0 Å². The van der Waals surface area contributed by atoms with Crippen LogP contribution in [0, 0.1) is 20.8 Å². The van der Waals surface area contributed by atoms with E-state index in [-0.39, 0.29) is 0 Å². The zero-order chi connectivity index (χ0) is 15.0. The van der Waals surface area contributed by atoms with Gasteiger partial charge in [0.25, 0.3) is 0 Å². The molecule has 0 aliphatic rings. The summed E-state index contributed by atoms with van der Waals surface area (Å²) in [6.07, 6.45) is 0.935. The number of nitrogens with zero attached hydrogens (tertiary/aromatic N) is 1. The third-order valence-electron chi connectivity index (χ3n) is 3.74. The summed E-state index contributed by atoms with van der Waals surface area (Å²) in [5.41, 5.74) is 6.55. The fourth-order valence-corrected chi connectivity index (χ4v) is 5.20. The van der Waals surface area contributed by atoms with Crippen molar-refractivity contribution in [3.63, 3.8) is 0 Å². The lowest BCUT2D eigenvalue weighted by Gasteiger charge is -2.16. The van der Waals surface area contributed by atoms with Crippen LogP contribution >= 0.6 is 27.3 Å². The standard InChI is InChI=1S/C18H18BrNS/c1-11-8-12(2)18(13(3)9-11)14(19)10-17-20-15-6-4-5-7-16(15)21-17/h4-9,14H,10H2,1-3H3. The van der Waals surface area contributed by atoms with Crippen molar-refractivity contribution in [2.45, 2.75) is 32.0 Å². The van der Waals surface area contributed by atoms with Crippen LogP contribution in [0.2, 0.25) is 0 Å². The lowest BCUT2D eigenvalue weighted by atomic mass is 9.96. The molecule has 1 nitrogen and oxygen atoms in total. The highest BCUT2D eigenvalue weighted by Crippen LogP contribution is 2.34. The molecule has 3 rings (SSSR count). The highest BCUT2D eigenvalue weighted by atomic mass is 79.9. The van der Waals surface area contributed by atoms with Gasteiger partial charge in [0.2, 0.25) is 0 Å². The van der Waals surface area contributed by atoms with Crippen molar-refractivity contribution < 1.29 is 0 Å². The van der Waals surface area contributed by atoms with Gasteiger partial charge in [-0.05, 0) is 49.6 Å². The molecule has 2 aromatic carbocycles. The SMILES string of the molecule is Cc1cc(C)c(C(Br)Cc2nc3ccccc3s2)c(C)c1. The molecule has 0 aliphatic heterocycles. The third kappa shape index (κ3) is 3.04. The Morgan fingerprint density at radius 1 is 1.10 bits per heavy atom. The van der Waals surface area contributed by atoms with Gasteiger partial charge in [-0.25, -0.2) is 4.98 Å². The molecule has 0 aliphatic carbocycles. The van der Waals surface area contributed by atoms with E-state index in [0.717, 1.165) is 11.9 Å². The molecule has 0 bridgehead atoms. The lowest BCUT2D eigenvalue weighted by molar-refractivity contribution is 0.917. The van der Waals surface area contributed by atoms with Crippen LogP contribution in [0.1, 0.15) is 32.1 Å². The Bertz CT molecular complexity index is 735. The molecule has 0 amide bonds. The van der Waals surface area contributed by atoms with Gasteiger partial charge < -0.3 is 0 Å². The number of rotatable bonds is 3. The second-order valence-corrected chi connectivity index (χ2v) is 7.78. The minimum Gasteiger partial charge on any atom is -0.241 e. The summed E-state index contributed by atoms with van der Waals surface area (Å²) in [5, 5.41) is 1.19. The molecule has 1 unspecified atom stereocenters. The topological polar surface area (TPSA) is 12.9 Å². The van der Waals surface area contributed by atoms with E-state index >= 15 is 0 Å². The minimum atomic E-state index is 0.318. The number of para-hydroxylation sites is 1. The Labute approximate surface area is 138 Å². The summed E-state index contributed by atoms with van der Waals surface area (Å²) in [5.74, 6) is 0. The zero-order valence-corrected chi connectivity index (χ0v) is 14.9. The number of halogens is 1. The van der Waals surface area contributed by atoms with Crippen molar-refractivity contribution in [3.8, 4) is 0 Å². The fourth-order valence-electron chi connectivity index (χ4n) is 2.95. The van der Waals surface area contributed by atoms with E-state index in [0.29, 0.717) is 4.83 Å². The van der Waals surface area contributed by atoms with E-state index in [9.17, 15) is 0 Å². The van der Waals surface area contributed by atoms with Crippen molar-refractivity contribution in [3.05, 3.63) is 63.7 Å². The molecular weight excluding hydrogens is 342 g/mol. The molecule has 1 atom stereocenters. The van der Waals surface area contributed by atoms with Gasteiger partial charge in [-0.2, -0.15) is 0 Å². The van der Waals surface area contributed by atoms with Crippen LogP contribution in [-0.2, 0) is 6.42 Å². The maximum absolute atomic E-state index is 4.74. The summed E-state index contributed by atoms with van der Waals surface area (Å²) in [6.45, 7) is 6.55. The van der Waals surface area contributed by atoms with Gasteiger partial charge in [-0.3, -0.25) is 0 Å². The van der Waals surface area contributed by atoms with E-state index in [1.165, 1.54) is 32.0 Å². The molecule has 1 aromatic heterocycles. The molecule has 0 N–H and O–H groups in total. The Morgan fingerprint density at radius 2 is 1.76 bits per heavy atom. The molecule has 3 heteroatoms. The normalized spacial score (nSPS) is 12.8. The average Bonchev–Trinajstić information content (AvgIpc) is 2.79. The van der Waals surface area contributed by atoms with Crippen LogP contribution in [0.3, 0.4) is 0 Å². The maximum Gasteiger partial charge on any atom is 0.0953 e. The molecule has 1 heterocycles. The summed E-state index contributed by atoms with van der Waals surface area (Å²) < 4.78 is 1.27. The predicted molar refractivity (Wildman–Crippen MR) is 95.6 cm³/mol. The van der Waals surface area contributed by atoms with Gasteiger partial charge in [0.15, 0.2) is 0 Å². The van der Waals surface area contributed by atoms with Crippen molar-refractivity contribution in [2.24, 2.45) is 0 Å². The number of thiazole rings is 1. The van der Waals surface area contributed by atoms with Crippen molar-refractivity contribution in [2.75, 3.05) is 0 Å². The van der Waals surface area contributed by atoms with E-state index in [1.807, 2.05) is 6.07 Å². The van der Waals surface area contributed by atoms with Crippen LogP contribution in [0.4, 0.5) is 0 Å². The molecule has 0 radical (unpaired) electrons. The molecule has 0 spiro atoms. The Kier molecular flexibility index (Phi) is 4.14. The highest BCUT2D eigenvalue weighted by Gasteiger charge is 2.16. The Morgan fingerprint density at radius 3 is 2.43 bits per heavy atom. The monoisotopic (exact) mass is 359 g/mol. The minimum absolute atomic E-state index is 0.318. The van der Waals surface area contributed by atoms with Gasteiger partial charge in [0, 0.05) is 11.2 Å². The van der Waals surface area contributed by atoms with E-state index in [4.69, 9.17) is 4.98 Å². The number of benzene rings is 2. The summed E-state index contributed by atoms with van der Waals surface area (Å²) >= 11 is 5.67. The quantitative estimate of drug-likeness (QED) is 0.530. The van der Waals surface area contributed by atoms with Gasteiger partial charge in [-0.15, -0.1) is 11.3 Å². The first-order chi connectivity index (χ1) is 10.0. The smallest absolute Gasteiger partial charge is 0.0953 e. The first kappa shape index (κ1) is 14.7. The van der Waals surface area contributed by atoms with Crippen LogP contribution in [0.25, 0.3) is 10.2 Å². The fraction of sp³-hybridized carbons (Fsp3) is 0.278. The van der Waals surface area contributed by atoms with Gasteiger partial charge in [0.1, 0.15) is 0 Å². The second kappa shape index (κ2) is 5.90. The molecule has 0 fully saturated rings. The first-order valence-electron chi connectivity index (χ1n) is 7.11. The van der Waals surface area contributed by atoms with Crippen LogP contribution in [0.5, 0.6) is 0 Å². The molecule has 0 saturated carbocycles. The number of hydrogen-bond acceptors (Lipinski definition) is 2. The van der Waals surface area contributed by atoms with E-state index in [2.05, 4.69) is 67.0 Å². The van der Waals surface area contributed by atoms with Crippen LogP contribution in [-0.4, -0.2) is 4.98 Å². The Balaban J connectivity index is 1.91. The highest BCUT2D eigenvalue weighted by molar-refractivity contribution is 9.09. The molecule has 3 aromatic rings. The van der Waals surface area contributed by atoms with Gasteiger partial charge in [0.05, 0.1) is 15.2 Å². The first-order valence-corrected chi connectivity index (χ1v) is 8.84. The average molecular weight is 360 g/mol. The predicted octanol–water partition coefficient (Wildman–Crippen LogP) is 5.90. The zero-order valence-electron chi connectivity index (χ0n) is 12.5. The van der Waals surface area contributed by atoms with Crippen molar-refractivity contribution in [1.29, 1.82) is 0 Å². The maximum atomic E-state index is 4.74. The van der Waals surface area contributed by atoms with E-state index in [1.54, 1.807) is 11.3 Å². The Hall–Kier alpha value is -1.19. The van der Waals surface area contributed by atoms with Crippen molar-refractivity contribution in [1.82, 2.24) is 4.98 Å². The number of aryl methyl sites for hydroxylation is 3. The summed E-state index contributed by atoms with van der Waals surface area (Å²) in [6, 6.07) is 12.9. The van der Waals surface area contributed by atoms with Crippen LogP contribution in [0.15, 0.2) is 36.4 Å². The molecular formula is C18H18BrNS. The number of alkyl halides is 1. The number of fused-ring (bicyclic) bond motifs is 1. The largest absolute Gasteiger partial charge is 0.241 e. The second-order valence-electron chi connectivity index (χ2n) is 5.56. The molecule has 21 heavy (non-hydrogen) atoms. The lowest BCUT2D eigenvalue weighted by Crippen LogP contribution is -2.01. The summed E-state index contributed by atoms with van der Waals surface area (Å²) in [7, 11) is 0.